The van der Waals surface area contributed by atoms with Crippen molar-refractivity contribution >= 4 is 44.9 Å². The number of nitrogens with zero attached hydrogens (tertiary/aromatic N) is 1. The van der Waals surface area contributed by atoms with E-state index in [4.69, 9.17) is 11.6 Å². The summed E-state index contributed by atoms with van der Waals surface area (Å²) < 4.78 is 0.545. The molecule has 0 bridgehead atoms. The predicted molar refractivity (Wildman–Crippen MR) is 73.4 cm³/mol. The third-order valence-electron chi connectivity index (χ3n) is 2.53. The molecule has 0 saturated carbocycles. The molecule has 0 aliphatic heterocycles. The van der Waals surface area contributed by atoms with Gasteiger partial charge in [-0.3, -0.25) is 10.1 Å². The molecule has 0 aliphatic rings. The number of rotatable bonds is 2. The van der Waals surface area contributed by atoms with Crippen LogP contribution in [-0.2, 0) is 0 Å². The molecule has 3 rings (SSSR count). The van der Waals surface area contributed by atoms with E-state index in [0.29, 0.717) is 15.0 Å². The summed E-state index contributed by atoms with van der Waals surface area (Å²) in [6, 6.07) is 7.48. The van der Waals surface area contributed by atoms with Gasteiger partial charge in [-0.2, -0.15) is 0 Å². The molecule has 0 aliphatic carbocycles. The summed E-state index contributed by atoms with van der Waals surface area (Å²) >= 11 is 7.00. The Hall–Kier alpha value is -1.85. The maximum Gasteiger partial charge on any atom is 0.259 e. The molecule has 0 radical (unpaired) electrons. The highest BCUT2D eigenvalue weighted by molar-refractivity contribution is 7.19. The van der Waals surface area contributed by atoms with Gasteiger partial charge in [-0.15, -0.1) is 0 Å². The quantitative estimate of drug-likeness (QED) is 0.753. The molecule has 2 N–H and O–H groups in total. The Morgan fingerprint density at radius 2 is 2.28 bits per heavy atom. The number of fused-ring (bicyclic) bond motifs is 1. The van der Waals surface area contributed by atoms with Gasteiger partial charge in [0.05, 0.1) is 17.3 Å². The number of para-hydroxylation sites is 1. The van der Waals surface area contributed by atoms with E-state index in [1.54, 1.807) is 6.07 Å². The lowest BCUT2D eigenvalue weighted by Gasteiger charge is -2.03. The molecule has 0 spiro atoms. The highest BCUT2D eigenvalue weighted by atomic mass is 35.5. The molecule has 3 aromatic rings. The van der Waals surface area contributed by atoms with Gasteiger partial charge in [0.1, 0.15) is 4.34 Å². The van der Waals surface area contributed by atoms with Crippen LogP contribution in [0.3, 0.4) is 0 Å². The van der Waals surface area contributed by atoms with Crippen LogP contribution in [0.15, 0.2) is 36.7 Å². The second kappa shape index (κ2) is 4.44. The van der Waals surface area contributed by atoms with Crippen molar-refractivity contribution in [3.05, 3.63) is 46.6 Å². The molecule has 0 unspecified atom stereocenters. The van der Waals surface area contributed by atoms with Crippen LogP contribution in [0.1, 0.15) is 10.4 Å². The Kier molecular flexibility index (Phi) is 2.77. The third kappa shape index (κ3) is 1.98. The first-order chi connectivity index (χ1) is 8.74. The molecule has 1 aromatic carbocycles. The minimum Gasteiger partial charge on any atom is -0.361 e. The number of thiazole rings is 1. The minimum atomic E-state index is -0.200. The molecule has 90 valence electrons. The third-order valence-corrected chi connectivity index (χ3v) is 3.56. The van der Waals surface area contributed by atoms with Crippen LogP contribution >= 0.6 is 22.9 Å². The van der Waals surface area contributed by atoms with E-state index >= 15 is 0 Å². The van der Waals surface area contributed by atoms with E-state index in [1.165, 1.54) is 17.5 Å². The fourth-order valence-corrected chi connectivity index (χ4v) is 2.56. The van der Waals surface area contributed by atoms with Crippen LogP contribution in [0.2, 0.25) is 4.34 Å². The molecule has 0 atom stereocenters. The Morgan fingerprint density at radius 3 is 3.06 bits per heavy atom. The summed E-state index contributed by atoms with van der Waals surface area (Å²) in [5.74, 6) is -0.200. The lowest BCUT2D eigenvalue weighted by Crippen LogP contribution is -2.12. The van der Waals surface area contributed by atoms with E-state index < -0.39 is 0 Å². The summed E-state index contributed by atoms with van der Waals surface area (Å²) in [6.07, 6.45) is 3.32. The van der Waals surface area contributed by atoms with E-state index in [-0.39, 0.29) is 5.91 Å². The molecule has 0 saturated heterocycles. The van der Waals surface area contributed by atoms with Crippen LogP contribution < -0.4 is 5.32 Å². The lowest BCUT2D eigenvalue weighted by atomic mass is 10.1. The fraction of sp³-hybridized carbons (Fsp3) is 0. The zero-order chi connectivity index (χ0) is 12.5. The predicted octanol–water partition coefficient (Wildman–Crippen LogP) is 3.53. The average molecular weight is 278 g/mol. The molecule has 2 heterocycles. The fourth-order valence-electron chi connectivity index (χ4n) is 1.75. The Labute approximate surface area is 112 Å². The molecule has 2 aromatic heterocycles. The van der Waals surface area contributed by atoms with E-state index in [0.717, 1.165) is 10.9 Å². The maximum absolute atomic E-state index is 12.1. The summed E-state index contributed by atoms with van der Waals surface area (Å²) in [7, 11) is 0. The summed E-state index contributed by atoms with van der Waals surface area (Å²) in [5.41, 5.74) is 1.40. The molecular weight excluding hydrogens is 270 g/mol. The molecule has 4 nitrogen and oxygen atoms in total. The van der Waals surface area contributed by atoms with Gasteiger partial charge in [0.15, 0.2) is 5.13 Å². The highest BCUT2D eigenvalue weighted by Crippen LogP contribution is 2.24. The van der Waals surface area contributed by atoms with Gasteiger partial charge in [-0.1, -0.05) is 35.1 Å². The second-order valence-electron chi connectivity index (χ2n) is 3.67. The molecule has 6 heteroatoms. The van der Waals surface area contributed by atoms with Gasteiger partial charge in [-0.25, -0.2) is 4.98 Å². The topological polar surface area (TPSA) is 57.8 Å². The number of amides is 1. The first-order valence-corrected chi connectivity index (χ1v) is 6.42. The van der Waals surface area contributed by atoms with Crippen LogP contribution in [0, 0.1) is 0 Å². The highest BCUT2D eigenvalue weighted by Gasteiger charge is 2.12. The van der Waals surface area contributed by atoms with E-state index in [2.05, 4.69) is 15.3 Å². The Morgan fingerprint density at radius 1 is 1.39 bits per heavy atom. The van der Waals surface area contributed by atoms with Crippen LogP contribution in [0.25, 0.3) is 10.9 Å². The number of carbonyl (C=O) groups excluding carboxylic acids is 1. The van der Waals surface area contributed by atoms with Crippen molar-refractivity contribution in [2.45, 2.75) is 0 Å². The summed E-state index contributed by atoms with van der Waals surface area (Å²) in [4.78, 5) is 19.2. The van der Waals surface area contributed by atoms with Crippen LogP contribution in [-0.4, -0.2) is 15.9 Å². The second-order valence-corrected chi connectivity index (χ2v) is 5.33. The van der Waals surface area contributed by atoms with E-state index in [1.807, 2.05) is 24.4 Å². The molecule has 18 heavy (non-hydrogen) atoms. The number of hydrogen-bond donors (Lipinski definition) is 2. The number of benzene rings is 1. The first-order valence-electron chi connectivity index (χ1n) is 5.23. The first kappa shape index (κ1) is 11.3. The number of aromatic amines is 1. The van der Waals surface area contributed by atoms with Crippen molar-refractivity contribution < 1.29 is 4.79 Å². The monoisotopic (exact) mass is 277 g/mol. The van der Waals surface area contributed by atoms with Gasteiger partial charge in [-0.05, 0) is 12.1 Å². The molecule has 1 amide bonds. The normalized spacial score (nSPS) is 10.7. The van der Waals surface area contributed by atoms with Crippen molar-refractivity contribution in [2.24, 2.45) is 0 Å². The Balaban J connectivity index is 1.94. The SMILES string of the molecule is O=C(Nc1ncc(Cl)s1)c1cccc2cc[nH]c12. The van der Waals surface area contributed by atoms with Crippen molar-refractivity contribution in [1.29, 1.82) is 0 Å². The lowest BCUT2D eigenvalue weighted by molar-refractivity contribution is 0.102. The average Bonchev–Trinajstić information content (AvgIpc) is 2.97. The number of carbonyl (C=O) groups is 1. The zero-order valence-corrected chi connectivity index (χ0v) is 10.7. The van der Waals surface area contributed by atoms with Crippen LogP contribution in [0.4, 0.5) is 5.13 Å². The summed E-state index contributed by atoms with van der Waals surface area (Å²) in [6.45, 7) is 0. The maximum atomic E-state index is 12.1. The van der Waals surface area contributed by atoms with Gasteiger partial charge < -0.3 is 4.98 Å². The van der Waals surface area contributed by atoms with Crippen LogP contribution in [0.5, 0.6) is 0 Å². The van der Waals surface area contributed by atoms with Crippen molar-refractivity contribution in [3.8, 4) is 0 Å². The number of aromatic nitrogens is 2. The van der Waals surface area contributed by atoms with Crippen molar-refractivity contribution in [3.63, 3.8) is 0 Å². The van der Waals surface area contributed by atoms with Crippen molar-refractivity contribution in [1.82, 2.24) is 9.97 Å². The minimum absolute atomic E-state index is 0.200. The number of hydrogen-bond acceptors (Lipinski definition) is 3. The number of H-pyrrole nitrogens is 1. The molecular formula is C12H8ClN3OS. The largest absolute Gasteiger partial charge is 0.361 e. The molecule has 0 fully saturated rings. The van der Waals surface area contributed by atoms with Crippen molar-refractivity contribution in [2.75, 3.05) is 5.32 Å². The smallest absolute Gasteiger partial charge is 0.259 e. The van der Waals surface area contributed by atoms with Gasteiger partial charge in [0.2, 0.25) is 0 Å². The zero-order valence-electron chi connectivity index (χ0n) is 9.11. The van der Waals surface area contributed by atoms with Gasteiger partial charge >= 0.3 is 0 Å². The Bertz CT molecular complexity index is 719. The number of halogens is 1. The van der Waals surface area contributed by atoms with Gasteiger partial charge in [0.25, 0.3) is 5.91 Å². The van der Waals surface area contributed by atoms with Gasteiger partial charge in [0, 0.05) is 11.6 Å². The summed E-state index contributed by atoms with van der Waals surface area (Å²) in [5, 5.41) is 4.22. The van der Waals surface area contributed by atoms with E-state index in [9.17, 15) is 4.79 Å². The number of anilines is 1. The number of nitrogens with one attached hydrogen (secondary N) is 2. The standard InChI is InChI=1S/C12H8ClN3OS/c13-9-6-15-12(18-9)16-11(17)8-3-1-2-7-4-5-14-10(7)8/h1-6,14H,(H,15,16,17).